The second-order valence-electron chi connectivity index (χ2n) is 7.42. The van der Waals surface area contributed by atoms with Gasteiger partial charge in [0.05, 0.1) is 12.2 Å². The van der Waals surface area contributed by atoms with Gasteiger partial charge in [0.25, 0.3) is 0 Å². The number of likely N-dealkylation sites (tertiary alicyclic amines) is 1. The molecule has 1 aliphatic heterocycles. The third kappa shape index (κ3) is 6.40. The van der Waals surface area contributed by atoms with Gasteiger partial charge in [0, 0.05) is 37.4 Å². The van der Waals surface area contributed by atoms with E-state index in [1.807, 2.05) is 11.7 Å². The molecule has 0 aliphatic carbocycles. The predicted octanol–water partition coefficient (Wildman–Crippen LogP) is 2.83. The van der Waals surface area contributed by atoms with Gasteiger partial charge in [-0.05, 0) is 59.5 Å². The molecule has 2 rings (SSSR count). The van der Waals surface area contributed by atoms with Gasteiger partial charge < -0.3 is 10.6 Å². The Hall–Kier alpha value is -0.830. The number of rotatable bonds is 6. The molecule has 1 saturated heterocycles. The number of aryl methyl sites for hydroxylation is 2. The molecule has 1 unspecified atom stereocenters. The van der Waals surface area contributed by atoms with Gasteiger partial charge in [-0.3, -0.25) is 9.58 Å². The van der Waals surface area contributed by atoms with E-state index < -0.39 is 0 Å². The lowest BCUT2D eigenvalue weighted by Crippen LogP contribution is -2.48. The summed E-state index contributed by atoms with van der Waals surface area (Å²) >= 11 is 0. The molecule has 0 saturated carbocycles. The van der Waals surface area contributed by atoms with E-state index in [4.69, 9.17) is 4.99 Å². The fourth-order valence-electron chi connectivity index (χ4n) is 3.39. The van der Waals surface area contributed by atoms with Crippen LogP contribution in [0.4, 0.5) is 0 Å². The Balaban J connectivity index is 0.00000338. The number of piperidine rings is 1. The lowest BCUT2D eigenvalue weighted by molar-refractivity contribution is 0.147. The number of hydrogen-bond acceptors (Lipinski definition) is 3. The molecule has 1 atom stereocenters. The summed E-state index contributed by atoms with van der Waals surface area (Å²) in [5, 5.41) is 11.3. The van der Waals surface area contributed by atoms with Crippen LogP contribution in [0.2, 0.25) is 0 Å². The Kier molecular flexibility index (Phi) is 9.92. The largest absolute Gasteiger partial charge is 0.357 e. The third-order valence-corrected chi connectivity index (χ3v) is 5.40. The van der Waals surface area contributed by atoms with Gasteiger partial charge in [-0.1, -0.05) is 6.92 Å². The van der Waals surface area contributed by atoms with Crippen LogP contribution >= 0.6 is 24.0 Å². The van der Waals surface area contributed by atoms with Crippen molar-refractivity contribution in [1.29, 1.82) is 0 Å². The van der Waals surface area contributed by atoms with E-state index in [-0.39, 0.29) is 24.0 Å². The quantitative estimate of drug-likeness (QED) is 0.377. The first-order valence-corrected chi connectivity index (χ1v) is 9.67. The Morgan fingerprint density at radius 2 is 1.92 bits per heavy atom. The summed E-state index contributed by atoms with van der Waals surface area (Å²) in [6, 6.07) is 0.526. The predicted molar refractivity (Wildman–Crippen MR) is 120 cm³/mol. The Morgan fingerprint density at radius 1 is 1.27 bits per heavy atom. The van der Waals surface area contributed by atoms with Crippen LogP contribution in [0.15, 0.2) is 4.99 Å². The molecular formula is C19H37IN6. The molecule has 0 bridgehead atoms. The Bertz CT molecular complexity index is 575. The molecule has 1 aromatic heterocycles. The van der Waals surface area contributed by atoms with Crippen molar-refractivity contribution < 1.29 is 0 Å². The van der Waals surface area contributed by atoms with Crippen molar-refractivity contribution in [2.24, 2.45) is 18.0 Å². The summed E-state index contributed by atoms with van der Waals surface area (Å²) in [6.45, 7) is 15.8. The topological polar surface area (TPSA) is 57.5 Å². The molecule has 1 aliphatic rings. The molecular weight excluding hydrogens is 439 g/mol. The van der Waals surface area contributed by atoms with Crippen LogP contribution in [0.1, 0.15) is 50.6 Å². The van der Waals surface area contributed by atoms with Gasteiger partial charge in [0.2, 0.25) is 0 Å². The first-order chi connectivity index (χ1) is 11.9. The molecule has 6 nitrogen and oxygen atoms in total. The molecule has 150 valence electrons. The van der Waals surface area contributed by atoms with Crippen molar-refractivity contribution in [1.82, 2.24) is 25.3 Å². The minimum absolute atomic E-state index is 0. The summed E-state index contributed by atoms with van der Waals surface area (Å²) in [5.41, 5.74) is 3.47. The van der Waals surface area contributed by atoms with E-state index in [1.165, 1.54) is 37.2 Å². The number of nitrogens with one attached hydrogen (secondary N) is 2. The van der Waals surface area contributed by atoms with E-state index in [9.17, 15) is 0 Å². The van der Waals surface area contributed by atoms with E-state index in [0.717, 1.165) is 30.7 Å². The maximum absolute atomic E-state index is 4.77. The van der Waals surface area contributed by atoms with E-state index in [0.29, 0.717) is 12.6 Å². The lowest BCUT2D eigenvalue weighted by atomic mass is 9.98. The Labute approximate surface area is 176 Å². The molecule has 0 aromatic carbocycles. The van der Waals surface area contributed by atoms with E-state index >= 15 is 0 Å². The number of aliphatic imine (C=N–C) groups is 1. The van der Waals surface area contributed by atoms with Crippen molar-refractivity contribution >= 4 is 29.9 Å². The van der Waals surface area contributed by atoms with Crippen molar-refractivity contribution in [3.63, 3.8) is 0 Å². The zero-order chi connectivity index (χ0) is 18.4. The van der Waals surface area contributed by atoms with Gasteiger partial charge in [0.15, 0.2) is 5.96 Å². The summed E-state index contributed by atoms with van der Waals surface area (Å²) in [6.07, 6.45) is 2.64. The second-order valence-corrected chi connectivity index (χ2v) is 7.42. The molecule has 7 heteroatoms. The normalized spacial score (nSPS) is 17.7. The van der Waals surface area contributed by atoms with E-state index in [2.05, 4.69) is 55.3 Å². The fourth-order valence-corrected chi connectivity index (χ4v) is 3.39. The van der Waals surface area contributed by atoms with Crippen molar-refractivity contribution in [3.05, 3.63) is 17.0 Å². The molecule has 26 heavy (non-hydrogen) atoms. The number of guanidine groups is 1. The zero-order valence-corrected chi connectivity index (χ0v) is 19.6. The minimum Gasteiger partial charge on any atom is -0.357 e. The molecule has 0 amide bonds. The monoisotopic (exact) mass is 476 g/mol. The first kappa shape index (κ1) is 23.2. The second kappa shape index (κ2) is 11.1. The number of nitrogens with zero attached hydrogens (tertiary/aromatic N) is 4. The lowest BCUT2D eigenvalue weighted by Gasteiger charge is -2.35. The summed E-state index contributed by atoms with van der Waals surface area (Å²) in [4.78, 5) is 7.36. The van der Waals surface area contributed by atoms with Crippen LogP contribution in [0.5, 0.6) is 0 Å². The molecule has 2 heterocycles. The summed E-state index contributed by atoms with van der Waals surface area (Å²) in [7, 11) is 1.99. The smallest absolute Gasteiger partial charge is 0.191 e. The number of hydrogen-bond donors (Lipinski definition) is 2. The van der Waals surface area contributed by atoms with Crippen LogP contribution < -0.4 is 10.6 Å². The molecule has 0 radical (unpaired) electrons. The SMILES string of the molecule is CCNC(=NCc1c(C)nn(C)c1C)NCC(C)N1CCC(C)CC1.I. The van der Waals surface area contributed by atoms with Crippen LogP contribution in [0, 0.1) is 19.8 Å². The molecule has 0 spiro atoms. The van der Waals surface area contributed by atoms with Gasteiger partial charge in [-0.2, -0.15) is 5.10 Å². The first-order valence-electron chi connectivity index (χ1n) is 9.67. The third-order valence-electron chi connectivity index (χ3n) is 5.40. The van der Waals surface area contributed by atoms with Crippen molar-refractivity contribution in [3.8, 4) is 0 Å². The van der Waals surface area contributed by atoms with Crippen molar-refractivity contribution in [2.75, 3.05) is 26.2 Å². The maximum atomic E-state index is 4.77. The number of aromatic nitrogens is 2. The summed E-state index contributed by atoms with van der Waals surface area (Å²) in [5.74, 6) is 1.77. The average molecular weight is 476 g/mol. The number of halogens is 1. The van der Waals surface area contributed by atoms with Crippen LogP contribution in [-0.2, 0) is 13.6 Å². The molecule has 2 N–H and O–H groups in total. The zero-order valence-electron chi connectivity index (χ0n) is 17.3. The van der Waals surface area contributed by atoms with Crippen LogP contribution in [-0.4, -0.2) is 52.9 Å². The van der Waals surface area contributed by atoms with Crippen LogP contribution in [0.25, 0.3) is 0 Å². The van der Waals surface area contributed by atoms with Gasteiger partial charge in [-0.25, -0.2) is 4.99 Å². The average Bonchev–Trinajstić information content (AvgIpc) is 2.83. The highest BCUT2D eigenvalue weighted by Crippen LogP contribution is 2.17. The van der Waals surface area contributed by atoms with Gasteiger partial charge in [0.1, 0.15) is 0 Å². The Morgan fingerprint density at radius 3 is 2.46 bits per heavy atom. The van der Waals surface area contributed by atoms with Crippen LogP contribution in [0.3, 0.4) is 0 Å². The van der Waals surface area contributed by atoms with E-state index in [1.54, 1.807) is 0 Å². The highest BCUT2D eigenvalue weighted by Gasteiger charge is 2.20. The minimum atomic E-state index is 0. The van der Waals surface area contributed by atoms with Gasteiger partial charge >= 0.3 is 0 Å². The highest BCUT2D eigenvalue weighted by molar-refractivity contribution is 14.0. The standard InChI is InChI=1S/C19H36N6.HI/c1-7-20-19(22-13-18-16(4)23-24(6)17(18)5)21-12-15(3)25-10-8-14(2)9-11-25;/h14-15H,7-13H2,1-6H3,(H2,20,21,22);1H. The molecule has 1 fully saturated rings. The molecule has 1 aromatic rings. The van der Waals surface area contributed by atoms with Crippen molar-refractivity contribution in [2.45, 2.75) is 60.0 Å². The van der Waals surface area contributed by atoms with Gasteiger partial charge in [-0.15, -0.1) is 24.0 Å². The summed E-state index contributed by atoms with van der Waals surface area (Å²) < 4.78 is 1.93. The maximum Gasteiger partial charge on any atom is 0.191 e. The highest BCUT2D eigenvalue weighted by atomic mass is 127. The fraction of sp³-hybridized carbons (Fsp3) is 0.789.